The molecule has 0 aliphatic heterocycles. The van der Waals surface area contributed by atoms with Crippen LogP contribution in [0.25, 0.3) is 0 Å². The summed E-state index contributed by atoms with van der Waals surface area (Å²) in [4.78, 5) is 12.1. The van der Waals surface area contributed by atoms with Gasteiger partial charge in [-0.3, -0.25) is 0 Å². The first-order chi connectivity index (χ1) is 12.8. The molecule has 6 nitrogen and oxygen atoms in total. The van der Waals surface area contributed by atoms with Crippen molar-refractivity contribution in [3.8, 4) is 17.2 Å². The first-order valence-electron chi connectivity index (χ1n) is 8.83. The summed E-state index contributed by atoms with van der Waals surface area (Å²) in [5.41, 5.74) is 1.83. The summed E-state index contributed by atoms with van der Waals surface area (Å²) in [5.74, 6) is 1.98. The van der Waals surface area contributed by atoms with E-state index in [9.17, 15) is 4.79 Å². The van der Waals surface area contributed by atoms with Gasteiger partial charge in [0.15, 0.2) is 0 Å². The van der Waals surface area contributed by atoms with Gasteiger partial charge < -0.3 is 24.8 Å². The van der Waals surface area contributed by atoms with Crippen LogP contribution in [0.4, 0.5) is 10.5 Å². The number of rotatable bonds is 7. The Balaban J connectivity index is 1.82. The minimum atomic E-state index is -0.328. The maximum atomic E-state index is 12.1. The molecular weight excluding hydrogens is 344 g/mol. The van der Waals surface area contributed by atoms with Crippen molar-refractivity contribution in [1.29, 1.82) is 0 Å². The summed E-state index contributed by atoms with van der Waals surface area (Å²) in [7, 11) is 3.11. The van der Waals surface area contributed by atoms with Gasteiger partial charge in [-0.25, -0.2) is 4.79 Å². The van der Waals surface area contributed by atoms with E-state index in [1.807, 2.05) is 18.2 Å². The predicted molar refractivity (Wildman–Crippen MR) is 107 cm³/mol. The maximum absolute atomic E-state index is 12.1. The van der Waals surface area contributed by atoms with E-state index in [2.05, 4.69) is 37.5 Å². The molecule has 0 saturated heterocycles. The van der Waals surface area contributed by atoms with Crippen molar-refractivity contribution < 1.29 is 19.0 Å². The monoisotopic (exact) mass is 372 g/mol. The zero-order valence-corrected chi connectivity index (χ0v) is 16.6. The Labute approximate surface area is 160 Å². The van der Waals surface area contributed by atoms with Crippen molar-refractivity contribution in [3.05, 3.63) is 48.0 Å². The van der Waals surface area contributed by atoms with Crippen molar-refractivity contribution in [2.45, 2.75) is 26.2 Å². The van der Waals surface area contributed by atoms with Crippen molar-refractivity contribution >= 4 is 11.7 Å². The van der Waals surface area contributed by atoms with Gasteiger partial charge in [0.05, 0.1) is 26.5 Å². The molecule has 0 bridgehead atoms. The third-order valence-corrected chi connectivity index (χ3v) is 4.01. The van der Waals surface area contributed by atoms with E-state index in [0.29, 0.717) is 30.3 Å². The summed E-state index contributed by atoms with van der Waals surface area (Å²) in [6.07, 6.45) is 0. The van der Waals surface area contributed by atoms with Gasteiger partial charge in [-0.1, -0.05) is 32.9 Å². The second-order valence-electron chi connectivity index (χ2n) is 7.07. The Morgan fingerprint density at radius 2 is 1.78 bits per heavy atom. The zero-order valence-electron chi connectivity index (χ0n) is 16.6. The number of carbonyl (C=O) groups is 1. The molecular formula is C21H28N2O4. The van der Waals surface area contributed by atoms with Crippen LogP contribution in [-0.2, 0) is 5.41 Å². The molecule has 0 radical (unpaired) electrons. The molecule has 0 spiro atoms. The lowest BCUT2D eigenvalue weighted by atomic mass is 9.87. The number of benzene rings is 2. The number of hydrogen-bond donors (Lipinski definition) is 2. The molecule has 6 heteroatoms. The highest BCUT2D eigenvalue weighted by molar-refractivity contribution is 5.91. The van der Waals surface area contributed by atoms with Crippen LogP contribution in [0.2, 0.25) is 0 Å². The van der Waals surface area contributed by atoms with Crippen LogP contribution in [0.3, 0.4) is 0 Å². The Morgan fingerprint density at radius 1 is 1.00 bits per heavy atom. The summed E-state index contributed by atoms with van der Waals surface area (Å²) in [5, 5.41) is 5.52. The van der Waals surface area contributed by atoms with Crippen LogP contribution in [0.1, 0.15) is 26.3 Å². The molecule has 2 rings (SSSR count). The Morgan fingerprint density at radius 3 is 2.44 bits per heavy atom. The van der Waals surface area contributed by atoms with E-state index in [0.717, 1.165) is 5.75 Å². The Bertz CT molecular complexity index is 769. The molecule has 0 aliphatic carbocycles. The van der Waals surface area contributed by atoms with Gasteiger partial charge in [0, 0.05) is 6.07 Å². The van der Waals surface area contributed by atoms with Crippen molar-refractivity contribution in [3.63, 3.8) is 0 Å². The lowest BCUT2D eigenvalue weighted by Gasteiger charge is -2.19. The van der Waals surface area contributed by atoms with E-state index >= 15 is 0 Å². The van der Waals surface area contributed by atoms with Gasteiger partial charge in [-0.2, -0.15) is 0 Å². The van der Waals surface area contributed by atoms with Crippen LogP contribution in [0.15, 0.2) is 42.5 Å². The molecule has 2 N–H and O–H groups in total. The Kier molecular flexibility index (Phi) is 6.93. The average molecular weight is 372 g/mol. The molecule has 0 unspecified atom stereocenters. The van der Waals surface area contributed by atoms with Gasteiger partial charge in [-0.05, 0) is 35.2 Å². The third-order valence-electron chi connectivity index (χ3n) is 4.01. The standard InChI is InChI=1S/C21H28N2O4/c1-21(2,3)15-7-6-8-17(13-15)27-12-11-22-20(24)23-18-10-9-16(25-4)14-19(18)26-5/h6-10,13-14H,11-12H2,1-5H3,(H2,22,23,24). The van der Waals surface area contributed by atoms with Crippen LogP contribution in [-0.4, -0.2) is 33.4 Å². The molecule has 0 aromatic heterocycles. The number of urea groups is 1. The highest BCUT2D eigenvalue weighted by atomic mass is 16.5. The van der Waals surface area contributed by atoms with E-state index < -0.39 is 0 Å². The summed E-state index contributed by atoms with van der Waals surface area (Å²) in [6.45, 7) is 7.23. The summed E-state index contributed by atoms with van der Waals surface area (Å²) in [6, 6.07) is 12.9. The highest BCUT2D eigenvalue weighted by Gasteiger charge is 2.14. The Hall–Kier alpha value is -2.89. The van der Waals surface area contributed by atoms with E-state index in [1.165, 1.54) is 12.7 Å². The number of anilines is 1. The lowest BCUT2D eigenvalue weighted by Crippen LogP contribution is -2.32. The normalized spacial score (nSPS) is 10.9. The number of hydrogen-bond acceptors (Lipinski definition) is 4. The average Bonchev–Trinajstić information content (AvgIpc) is 2.65. The first-order valence-corrected chi connectivity index (χ1v) is 8.83. The number of amides is 2. The predicted octanol–water partition coefficient (Wildman–Crippen LogP) is 4.20. The molecule has 2 aromatic rings. The summed E-state index contributed by atoms with van der Waals surface area (Å²) < 4.78 is 16.1. The topological polar surface area (TPSA) is 68.8 Å². The van der Waals surface area contributed by atoms with Gasteiger partial charge >= 0.3 is 6.03 Å². The number of carbonyl (C=O) groups excluding carboxylic acids is 1. The number of nitrogens with one attached hydrogen (secondary N) is 2. The minimum absolute atomic E-state index is 0.0644. The van der Waals surface area contributed by atoms with Crippen molar-refractivity contribution in [2.75, 3.05) is 32.7 Å². The highest BCUT2D eigenvalue weighted by Crippen LogP contribution is 2.29. The minimum Gasteiger partial charge on any atom is -0.497 e. The first kappa shape index (κ1) is 20.4. The quantitative estimate of drug-likeness (QED) is 0.715. The SMILES string of the molecule is COc1ccc(NC(=O)NCCOc2cccc(C(C)(C)C)c2)c(OC)c1. The van der Waals surface area contributed by atoms with E-state index in [-0.39, 0.29) is 11.4 Å². The molecule has 0 heterocycles. The molecule has 0 atom stereocenters. The van der Waals surface area contributed by atoms with Crippen LogP contribution in [0.5, 0.6) is 17.2 Å². The molecule has 0 fully saturated rings. The number of methoxy groups -OCH3 is 2. The molecule has 27 heavy (non-hydrogen) atoms. The second-order valence-corrected chi connectivity index (χ2v) is 7.07. The van der Waals surface area contributed by atoms with Gasteiger partial charge in [0.1, 0.15) is 23.9 Å². The van der Waals surface area contributed by atoms with Crippen LogP contribution >= 0.6 is 0 Å². The lowest BCUT2D eigenvalue weighted by molar-refractivity contribution is 0.247. The molecule has 2 amide bonds. The van der Waals surface area contributed by atoms with E-state index in [4.69, 9.17) is 14.2 Å². The fourth-order valence-electron chi connectivity index (χ4n) is 2.45. The van der Waals surface area contributed by atoms with Crippen LogP contribution < -0.4 is 24.8 Å². The molecule has 0 aliphatic rings. The van der Waals surface area contributed by atoms with Crippen molar-refractivity contribution in [2.24, 2.45) is 0 Å². The zero-order chi connectivity index (χ0) is 19.9. The molecule has 2 aromatic carbocycles. The second kappa shape index (κ2) is 9.16. The number of ether oxygens (including phenoxy) is 3. The third kappa shape index (κ3) is 6.09. The van der Waals surface area contributed by atoms with Gasteiger partial charge in [0.2, 0.25) is 0 Å². The molecule has 146 valence electrons. The van der Waals surface area contributed by atoms with Gasteiger partial charge in [-0.15, -0.1) is 0 Å². The maximum Gasteiger partial charge on any atom is 0.319 e. The summed E-state index contributed by atoms with van der Waals surface area (Å²) >= 11 is 0. The largest absolute Gasteiger partial charge is 0.497 e. The van der Waals surface area contributed by atoms with Crippen LogP contribution in [0, 0.1) is 0 Å². The fourth-order valence-corrected chi connectivity index (χ4v) is 2.45. The van der Waals surface area contributed by atoms with E-state index in [1.54, 1.807) is 25.3 Å². The fraction of sp³-hybridized carbons (Fsp3) is 0.381. The smallest absolute Gasteiger partial charge is 0.319 e. The van der Waals surface area contributed by atoms with Gasteiger partial charge in [0.25, 0.3) is 0 Å². The molecule has 0 saturated carbocycles. The van der Waals surface area contributed by atoms with Crippen molar-refractivity contribution in [1.82, 2.24) is 5.32 Å².